The van der Waals surface area contributed by atoms with E-state index in [0.29, 0.717) is 0 Å². The number of benzene rings is 2. The smallest absolute Gasteiger partial charge is 0.231 e. The highest BCUT2D eigenvalue weighted by atomic mass is 16.7. The molecular weight excluding hydrogens is 306 g/mol. The zero-order valence-electron chi connectivity index (χ0n) is 13.1. The molecule has 120 valence electrons. The normalized spacial score (nSPS) is 17.3. The van der Waals surface area contributed by atoms with E-state index in [9.17, 15) is 0 Å². The van der Waals surface area contributed by atoms with Crippen LogP contribution in [0.1, 0.15) is 22.9 Å². The molecule has 0 saturated carbocycles. The zero-order valence-corrected chi connectivity index (χ0v) is 13.1. The van der Waals surface area contributed by atoms with Crippen molar-refractivity contribution >= 4 is 0 Å². The maximum Gasteiger partial charge on any atom is 0.231 e. The minimum absolute atomic E-state index is 0.127. The molecule has 0 spiro atoms. The molecule has 0 saturated heterocycles. The zero-order chi connectivity index (χ0) is 16.1. The Hall–Kier alpha value is -3.02. The molecule has 3 aromatic rings. The van der Waals surface area contributed by atoms with Gasteiger partial charge in [0.2, 0.25) is 6.79 Å². The molecule has 24 heavy (non-hydrogen) atoms. The number of hydrogen-bond acceptors (Lipinski definition) is 5. The lowest BCUT2D eigenvalue weighted by Gasteiger charge is -2.27. The number of fused-ring (bicyclic) bond motifs is 4. The number of nitrogens with zero attached hydrogens (tertiary/aromatic N) is 3. The Balaban J connectivity index is 1.75. The van der Waals surface area contributed by atoms with Crippen LogP contribution in [0.15, 0.2) is 42.7 Å². The van der Waals surface area contributed by atoms with Crippen LogP contribution in [0.4, 0.5) is 0 Å². The van der Waals surface area contributed by atoms with Gasteiger partial charge in [0.25, 0.3) is 0 Å². The van der Waals surface area contributed by atoms with Gasteiger partial charge < -0.3 is 14.2 Å². The topological polar surface area (TPSA) is 58.4 Å². The van der Waals surface area contributed by atoms with E-state index < -0.39 is 0 Å². The minimum Gasteiger partial charge on any atom is -0.496 e. The molecule has 2 aliphatic heterocycles. The van der Waals surface area contributed by atoms with Crippen molar-refractivity contribution in [3.8, 4) is 22.9 Å². The van der Waals surface area contributed by atoms with Gasteiger partial charge >= 0.3 is 0 Å². The van der Waals surface area contributed by atoms with Crippen LogP contribution in [-0.2, 0) is 6.42 Å². The van der Waals surface area contributed by atoms with Gasteiger partial charge in [0.05, 0.1) is 12.8 Å². The maximum atomic E-state index is 5.58. The van der Waals surface area contributed by atoms with Crippen LogP contribution < -0.4 is 14.2 Å². The summed E-state index contributed by atoms with van der Waals surface area (Å²) in [6, 6.07) is 12.1. The first-order chi connectivity index (χ1) is 11.8. The Labute approximate surface area is 138 Å². The number of rotatable bonds is 2. The average Bonchev–Trinajstić information content (AvgIpc) is 3.27. The molecule has 0 N–H and O–H groups in total. The predicted molar refractivity (Wildman–Crippen MR) is 86.0 cm³/mol. The molecule has 1 aromatic heterocycles. The Kier molecular flexibility index (Phi) is 2.79. The highest BCUT2D eigenvalue weighted by Gasteiger charge is 2.32. The number of ether oxygens (including phenoxy) is 3. The van der Waals surface area contributed by atoms with Crippen LogP contribution in [-0.4, -0.2) is 28.7 Å². The highest BCUT2D eigenvalue weighted by Crippen LogP contribution is 2.45. The second kappa shape index (κ2) is 4.99. The van der Waals surface area contributed by atoms with Gasteiger partial charge in [-0.2, -0.15) is 5.10 Å². The summed E-state index contributed by atoms with van der Waals surface area (Å²) in [6.45, 7) is 0.252. The largest absolute Gasteiger partial charge is 0.496 e. The Morgan fingerprint density at radius 3 is 2.83 bits per heavy atom. The summed E-state index contributed by atoms with van der Waals surface area (Å²) in [5.74, 6) is 3.45. The van der Waals surface area contributed by atoms with Crippen molar-refractivity contribution in [2.75, 3.05) is 13.9 Å². The van der Waals surface area contributed by atoms with Crippen LogP contribution >= 0.6 is 0 Å². The molecule has 1 atom stereocenters. The minimum atomic E-state index is 0.127. The van der Waals surface area contributed by atoms with Crippen molar-refractivity contribution in [3.05, 3.63) is 59.7 Å². The van der Waals surface area contributed by atoms with Gasteiger partial charge in [-0.1, -0.05) is 18.2 Å². The molecule has 3 heterocycles. The van der Waals surface area contributed by atoms with Crippen LogP contribution in [0.2, 0.25) is 0 Å². The van der Waals surface area contributed by atoms with E-state index in [1.807, 2.05) is 28.9 Å². The van der Waals surface area contributed by atoms with Gasteiger partial charge in [-0.25, -0.2) is 9.67 Å². The second-order valence-corrected chi connectivity index (χ2v) is 5.85. The highest BCUT2D eigenvalue weighted by molar-refractivity contribution is 5.60. The number of aromatic nitrogens is 3. The molecule has 2 aliphatic rings. The van der Waals surface area contributed by atoms with E-state index >= 15 is 0 Å². The molecule has 0 radical (unpaired) electrons. The average molecular weight is 321 g/mol. The van der Waals surface area contributed by atoms with Gasteiger partial charge in [-0.05, 0) is 17.7 Å². The monoisotopic (exact) mass is 321 g/mol. The number of hydrogen-bond donors (Lipinski definition) is 0. The van der Waals surface area contributed by atoms with Gasteiger partial charge in [0, 0.05) is 24.0 Å². The first-order valence-electron chi connectivity index (χ1n) is 7.81. The summed E-state index contributed by atoms with van der Waals surface area (Å²) in [5, 5.41) is 4.37. The first kappa shape index (κ1) is 13.4. The molecule has 6 heteroatoms. The van der Waals surface area contributed by atoms with Crippen molar-refractivity contribution in [3.63, 3.8) is 0 Å². The summed E-state index contributed by atoms with van der Waals surface area (Å²) in [6.07, 6.45) is 2.35. The van der Waals surface area contributed by atoms with Gasteiger partial charge in [0.15, 0.2) is 11.5 Å². The van der Waals surface area contributed by atoms with E-state index in [1.165, 1.54) is 0 Å². The molecule has 0 aliphatic carbocycles. The Morgan fingerprint density at radius 1 is 1.12 bits per heavy atom. The molecule has 0 amide bonds. The van der Waals surface area contributed by atoms with Crippen molar-refractivity contribution in [2.45, 2.75) is 12.3 Å². The van der Waals surface area contributed by atoms with E-state index in [2.05, 4.69) is 22.2 Å². The summed E-state index contributed by atoms with van der Waals surface area (Å²) in [5.41, 5.74) is 3.25. The molecule has 6 nitrogen and oxygen atoms in total. The van der Waals surface area contributed by atoms with Crippen LogP contribution in [0.5, 0.6) is 17.2 Å². The molecule has 0 bridgehead atoms. The van der Waals surface area contributed by atoms with Crippen LogP contribution in [0, 0.1) is 0 Å². The summed E-state index contributed by atoms with van der Waals surface area (Å²) >= 11 is 0. The lowest BCUT2D eigenvalue weighted by atomic mass is 9.84. The summed E-state index contributed by atoms with van der Waals surface area (Å²) in [7, 11) is 1.70. The third kappa shape index (κ3) is 1.83. The maximum absolute atomic E-state index is 5.58. The van der Waals surface area contributed by atoms with Gasteiger partial charge in [-0.3, -0.25) is 0 Å². The van der Waals surface area contributed by atoms with Gasteiger partial charge in [-0.15, -0.1) is 0 Å². The van der Waals surface area contributed by atoms with E-state index in [-0.39, 0.29) is 12.7 Å². The van der Waals surface area contributed by atoms with Crippen molar-refractivity contribution in [1.29, 1.82) is 0 Å². The van der Waals surface area contributed by atoms with Crippen LogP contribution in [0.3, 0.4) is 0 Å². The predicted octanol–water partition coefficient (Wildman–Crippen LogP) is 2.69. The molecule has 1 unspecified atom stereocenters. The number of methoxy groups -OCH3 is 1. The SMILES string of the molecule is COc1ccccc1C1Cc2ncnn2-c2cc3c(cc21)OCO3. The lowest BCUT2D eigenvalue weighted by Crippen LogP contribution is -2.19. The van der Waals surface area contributed by atoms with Crippen molar-refractivity contribution in [2.24, 2.45) is 0 Å². The standard InChI is InChI=1S/C18H15N3O3/c1-22-15-5-3-2-4-11(15)12-7-18-19-9-20-21(18)14-8-17-16(6-13(12)14)23-10-24-17/h2-6,8-9,12H,7,10H2,1H3. The fourth-order valence-corrected chi connectivity index (χ4v) is 3.54. The molecule has 0 fully saturated rings. The molecule has 5 rings (SSSR count). The van der Waals surface area contributed by atoms with Crippen molar-refractivity contribution < 1.29 is 14.2 Å². The summed E-state index contributed by atoms with van der Waals surface area (Å²) < 4.78 is 18.6. The second-order valence-electron chi connectivity index (χ2n) is 5.85. The van der Waals surface area contributed by atoms with Crippen molar-refractivity contribution in [1.82, 2.24) is 14.8 Å². The third-order valence-electron chi connectivity index (χ3n) is 4.64. The Morgan fingerprint density at radius 2 is 1.96 bits per heavy atom. The van der Waals surface area contributed by atoms with Gasteiger partial charge in [0.1, 0.15) is 17.9 Å². The quantitative estimate of drug-likeness (QED) is 0.726. The molecule has 2 aromatic carbocycles. The van der Waals surface area contributed by atoms with Crippen LogP contribution in [0.25, 0.3) is 5.69 Å². The van der Waals surface area contributed by atoms with E-state index in [4.69, 9.17) is 14.2 Å². The fraction of sp³-hybridized carbons (Fsp3) is 0.222. The first-order valence-corrected chi connectivity index (χ1v) is 7.81. The Bertz CT molecular complexity index is 935. The molecular formula is C18H15N3O3. The summed E-state index contributed by atoms with van der Waals surface area (Å²) in [4.78, 5) is 4.42. The van der Waals surface area contributed by atoms with E-state index in [1.54, 1.807) is 13.4 Å². The fourth-order valence-electron chi connectivity index (χ4n) is 3.54. The third-order valence-corrected chi connectivity index (χ3v) is 4.64. The lowest BCUT2D eigenvalue weighted by molar-refractivity contribution is 0.174. The van der Waals surface area contributed by atoms with E-state index in [0.717, 1.165) is 46.3 Å². The number of para-hydroxylation sites is 1.